The molecule has 1 aliphatic rings. The van der Waals surface area contributed by atoms with Crippen LogP contribution in [0.4, 0.5) is 0 Å². The van der Waals surface area contributed by atoms with Crippen LogP contribution in [0.15, 0.2) is 5.38 Å². The summed E-state index contributed by atoms with van der Waals surface area (Å²) in [6.45, 7) is 4.28. The molecule has 0 saturated heterocycles. The van der Waals surface area contributed by atoms with Crippen LogP contribution in [-0.4, -0.2) is 22.0 Å². The Morgan fingerprint density at radius 2 is 2.16 bits per heavy atom. The number of amides is 1. The van der Waals surface area contributed by atoms with Crippen LogP contribution in [0.5, 0.6) is 0 Å². The van der Waals surface area contributed by atoms with Gasteiger partial charge in [-0.2, -0.15) is 0 Å². The number of aryl methyl sites for hydroxylation is 1. The van der Waals surface area contributed by atoms with E-state index in [1.807, 2.05) is 19.2 Å². The highest BCUT2D eigenvalue weighted by molar-refractivity contribution is 7.09. The molecule has 1 fully saturated rings. The summed E-state index contributed by atoms with van der Waals surface area (Å²) in [5.74, 6) is -1.69. The van der Waals surface area contributed by atoms with Gasteiger partial charge in [-0.1, -0.05) is 6.92 Å². The van der Waals surface area contributed by atoms with E-state index in [0.717, 1.165) is 10.7 Å². The molecule has 1 aromatic heterocycles. The van der Waals surface area contributed by atoms with Crippen molar-refractivity contribution in [2.24, 2.45) is 17.8 Å². The summed E-state index contributed by atoms with van der Waals surface area (Å²) in [5.41, 5.74) is 0.937. The summed E-state index contributed by atoms with van der Waals surface area (Å²) in [7, 11) is 0. The van der Waals surface area contributed by atoms with E-state index < -0.39 is 17.8 Å². The number of aromatic nitrogens is 1. The van der Waals surface area contributed by atoms with Crippen LogP contribution in [0.25, 0.3) is 0 Å². The quantitative estimate of drug-likeness (QED) is 0.882. The Kier molecular flexibility index (Phi) is 4.19. The Bertz CT molecular complexity index is 486. The first-order valence-corrected chi connectivity index (χ1v) is 7.27. The first kappa shape index (κ1) is 14.0. The molecular weight excluding hydrogens is 264 g/mol. The molecule has 0 aromatic carbocycles. The summed E-state index contributed by atoms with van der Waals surface area (Å²) < 4.78 is 0. The van der Waals surface area contributed by atoms with Crippen LogP contribution in [0.1, 0.15) is 30.5 Å². The van der Waals surface area contributed by atoms with E-state index in [9.17, 15) is 9.59 Å². The zero-order valence-corrected chi connectivity index (χ0v) is 11.9. The molecule has 1 aromatic rings. The second-order valence-corrected chi connectivity index (χ2v) is 6.17. The molecule has 2 rings (SSSR count). The first-order chi connectivity index (χ1) is 8.97. The molecule has 0 aliphatic heterocycles. The number of aliphatic carboxylic acids is 1. The number of nitrogens with zero attached hydrogens (tertiary/aromatic N) is 1. The molecule has 1 aliphatic carbocycles. The molecule has 6 heteroatoms. The molecule has 3 atom stereocenters. The molecule has 104 valence electrons. The zero-order chi connectivity index (χ0) is 14.0. The van der Waals surface area contributed by atoms with Crippen LogP contribution >= 0.6 is 11.3 Å². The Morgan fingerprint density at radius 3 is 2.74 bits per heavy atom. The van der Waals surface area contributed by atoms with E-state index >= 15 is 0 Å². The standard InChI is InChI=1S/C13H18N2O3S/c1-7-3-9(10(4-7)13(17)18)12(16)14-5-11-15-8(2)6-19-11/h6-7,9-10H,3-5H2,1-2H3,(H,14,16)(H,17,18)/t7?,9-,10+/m0/s1. The van der Waals surface area contributed by atoms with Crippen molar-refractivity contribution in [2.75, 3.05) is 0 Å². The SMILES string of the molecule is Cc1csc(CNC(=O)[C@H]2CC(C)C[C@H]2C(=O)O)n1. The molecule has 2 N–H and O–H groups in total. The Labute approximate surface area is 116 Å². The van der Waals surface area contributed by atoms with Crippen molar-refractivity contribution in [3.8, 4) is 0 Å². The van der Waals surface area contributed by atoms with Gasteiger partial charge in [-0.15, -0.1) is 11.3 Å². The van der Waals surface area contributed by atoms with Gasteiger partial charge in [0.2, 0.25) is 5.91 Å². The number of hydrogen-bond acceptors (Lipinski definition) is 4. The smallest absolute Gasteiger partial charge is 0.307 e. The Balaban J connectivity index is 1.93. The molecule has 0 spiro atoms. The van der Waals surface area contributed by atoms with Crippen LogP contribution in [-0.2, 0) is 16.1 Å². The van der Waals surface area contributed by atoms with Gasteiger partial charge in [-0.05, 0) is 25.7 Å². The predicted octanol–water partition coefficient (Wildman–Crippen LogP) is 1.81. The third kappa shape index (κ3) is 3.32. The van der Waals surface area contributed by atoms with Crippen molar-refractivity contribution in [3.63, 3.8) is 0 Å². The van der Waals surface area contributed by atoms with Gasteiger partial charge >= 0.3 is 5.97 Å². The summed E-state index contributed by atoms with van der Waals surface area (Å²) in [6.07, 6.45) is 1.24. The van der Waals surface area contributed by atoms with E-state index in [-0.39, 0.29) is 5.91 Å². The molecule has 0 bridgehead atoms. The van der Waals surface area contributed by atoms with Gasteiger partial charge in [0.15, 0.2) is 0 Å². The van der Waals surface area contributed by atoms with Crippen molar-refractivity contribution in [1.82, 2.24) is 10.3 Å². The van der Waals surface area contributed by atoms with E-state index in [1.54, 1.807) is 0 Å². The third-order valence-electron chi connectivity index (χ3n) is 3.53. The topological polar surface area (TPSA) is 79.3 Å². The summed E-state index contributed by atoms with van der Waals surface area (Å²) >= 11 is 1.50. The zero-order valence-electron chi connectivity index (χ0n) is 11.0. The Morgan fingerprint density at radius 1 is 1.47 bits per heavy atom. The summed E-state index contributed by atoms with van der Waals surface area (Å²) in [5, 5.41) is 14.7. The van der Waals surface area contributed by atoms with Crippen LogP contribution < -0.4 is 5.32 Å². The lowest BCUT2D eigenvalue weighted by Crippen LogP contribution is -2.34. The maximum absolute atomic E-state index is 12.1. The molecule has 1 heterocycles. The lowest BCUT2D eigenvalue weighted by molar-refractivity contribution is -0.146. The number of nitrogens with one attached hydrogen (secondary N) is 1. The van der Waals surface area contributed by atoms with Gasteiger partial charge < -0.3 is 10.4 Å². The van der Waals surface area contributed by atoms with E-state index in [4.69, 9.17) is 5.11 Å². The second-order valence-electron chi connectivity index (χ2n) is 5.23. The molecule has 5 nitrogen and oxygen atoms in total. The van der Waals surface area contributed by atoms with Gasteiger partial charge in [0.1, 0.15) is 5.01 Å². The molecule has 19 heavy (non-hydrogen) atoms. The van der Waals surface area contributed by atoms with Crippen molar-refractivity contribution in [3.05, 3.63) is 16.1 Å². The van der Waals surface area contributed by atoms with Gasteiger partial charge in [-0.25, -0.2) is 4.98 Å². The number of thiazole rings is 1. The molecule has 0 radical (unpaired) electrons. The largest absolute Gasteiger partial charge is 0.481 e. The van der Waals surface area contributed by atoms with Gasteiger partial charge in [0, 0.05) is 11.1 Å². The van der Waals surface area contributed by atoms with Crippen LogP contribution in [0.2, 0.25) is 0 Å². The number of hydrogen-bond donors (Lipinski definition) is 2. The fourth-order valence-corrected chi connectivity index (χ4v) is 3.34. The van der Waals surface area contributed by atoms with Crippen molar-refractivity contribution < 1.29 is 14.7 Å². The number of carboxylic acids is 1. The van der Waals surface area contributed by atoms with E-state index in [1.165, 1.54) is 11.3 Å². The fourth-order valence-electron chi connectivity index (χ4n) is 2.63. The average molecular weight is 282 g/mol. The minimum Gasteiger partial charge on any atom is -0.481 e. The Hall–Kier alpha value is -1.43. The molecule has 1 saturated carbocycles. The highest BCUT2D eigenvalue weighted by atomic mass is 32.1. The lowest BCUT2D eigenvalue weighted by Gasteiger charge is -2.14. The maximum Gasteiger partial charge on any atom is 0.307 e. The van der Waals surface area contributed by atoms with Crippen molar-refractivity contribution in [2.45, 2.75) is 33.2 Å². The molecule has 1 unspecified atom stereocenters. The fraction of sp³-hybridized carbons (Fsp3) is 0.615. The van der Waals surface area contributed by atoms with Crippen LogP contribution in [0.3, 0.4) is 0 Å². The highest BCUT2D eigenvalue weighted by Gasteiger charge is 2.41. The number of carboxylic acid groups (broad SMARTS) is 1. The van der Waals surface area contributed by atoms with Gasteiger partial charge in [0.05, 0.1) is 18.4 Å². The minimum absolute atomic E-state index is 0.162. The monoisotopic (exact) mass is 282 g/mol. The number of rotatable bonds is 4. The summed E-state index contributed by atoms with van der Waals surface area (Å²) in [6, 6.07) is 0. The molecular formula is C13H18N2O3S. The average Bonchev–Trinajstić information content (AvgIpc) is 2.92. The first-order valence-electron chi connectivity index (χ1n) is 6.39. The number of carbonyl (C=O) groups is 2. The second kappa shape index (κ2) is 5.69. The maximum atomic E-state index is 12.1. The number of carbonyl (C=O) groups excluding carboxylic acids is 1. The van der Waals surface area contributed by atoms with Gasteiger partial charge in [-0.3, -0.25) is 9.59 Å². The van der Waals surface area contributed by atoms with E-state index in [2.05, 4.69) is 10.3 Å². The predicted molar refractivity (Wildman–Crippen MR) is 71.7 cm³/mol. The van der Waals surface area contributed by atoms with Crippen LogP contribution in [0, 0.1) is 24.7 Å². The van der Waals surface area contributed by atoms with Crippen molar-refractivity contribution in [1.29, 1.82) is 0 Å². The normalized spacial score (nSPS) is 26.3. The van der Waals surface area contributed by atoms with Crippen molar-refractivity contribution >= 4 is 23.2 Å². The van der Waals surface area contributed by atoms with Gasteiger partial charge in [0.25, 0.3) is 0 Å². The minimum atomic E-state index is -0.866. The highest BCUT2D eigenvalue weighted by Crippen LogP contribution is 2.36. The third-order valence-corrected chi connectivity index (χ3v) is 4.50. The summed E-state index contributed by atoms with van der Waals surface area (Å²) in [4.78, 5) is 27.5. The molecule has 1 amide bonds. The van der Waals surface area contributed by atoms with E-state index in [0.29, 0.717) is 25.3 Å². The lowest BCUT2D eigenvalue weighted by atomic mass is 9.95.